The van der Waals surface area contributed by atoms with Gasteiger partial charge in [0.2, 0.25) is 5.56 Å². The average Bonchev–Trinajstić information content (AvgIpc) is 3.09. The summed E-state index contributed by atoms with van der Waals surface area (Å²) in [6.07, 6.45) is 2.36. The second-order valence-electron chi connectivity index (χ2n) is 12.8. The first-order valence-electron chi connectivity index (χ1n) is 16.4. The number of aromatic nitrogens is 1. The molecular formula is C39H42FN3O5. The lowest BCUT2D eigenvalue weighted by atomic mass is 9.67. The highest BCUT2D eigenvalue weighted by atomic mass is 19.1. The zero-order valence-corrected chi connectivity index (χ0v) is 27.1. The standard InChI is InChI=1S/C39H42FN3O5/c1-43-19-17-39(18-20-43,28-7-3-2-4-8-28)31-22-26(9-13-33(31)44)6-5-21-48-36-15-10-27(23-32(36)40)24-41-25-35(46)29-11-14-34(45)38-30(29)12-16-37(47)42-38/h2-4,7-16,22-23,35,41,44-46H,5-6,17-21,24-25H2,1H3,(H,42,47). The molecule has 48 heavy (non-hydrogen) atoms. The summed E-state index contributed by atoms with van der Waals surface area (Å²) >= 11 is 0. The summed E-state index contributed by atoms with van der Waals surface area (Å²) in [4.78, 5) is 16.6. The summed E-state index contributed by atoms with van der Waals surface area (Å²) in [7, 11) is 2.14. The lowest BCUT2D eigenvalue weighted by Crippen LogP contribution is -2.41. The zero-order valence-electron chi connectivity index (χ0n) is 27.1. The highest BCUT2D eigenvalue weighted by Crippen LogP contribution is 2.45. The van der Waals surface area contributed by atoms with Gasteiger partial charge < -0.3 is 35.3 Å². The van der Waals surface area contributed by atoms with E-state index in [1.54, 1.807) is 30.3 Å². The molecule has 0 bridgehead atoms. The van der Waals surface area contributed by atoms with Crippen molar-refractivity contribution in [3.8, 4) is 17.2 Å². The number of aryl methyl sites for hydroxylation is 1. The number of phenolic OH excluding ortho intramolecular Hbond substituents is 2. The highest BCUT2D eigenvalue weighted by Gasteiger charge is 2.39. The van der Waals surface area contributed by atoms with Crippen LogP contribution >= 0.6 is 0 Å². The van der Waals surface area contributed by atoms with Gasteiger partial charge in [0.05, 0.1) is 18.2 Å². The highest BCUT2D eigenvalue weighted by molar-refractivity contribution is 5.87. The molecule has 1 fully saturated rings. The normalized spacial score (nSPS) is 15.4. The van der Waals surface area contributed by atoms with Crippen LogP contribution in [0.4, 0.5) is 4.39 Å². The van der Waals surface area contributed by atoms with Crippen molar-refractivity contribution in [1.82, 2.24) is 15.2 Å². The van der Waals surface area contributed by atoms with Gasteiger partial charge in [-0.2, -0.15) is 0 Å². The molecule has 9 heteroatoms. The number of nitrogens with one attached hydrogen (secondary N) is 2. The van der Waals surface area contributed by atoms with E-state index >= 15 is 0 Å². The number of hydrogen-bond donors (Lipinski definition) is 5. The van der Waals surface area contributed by atoms with Crippen LogP contribution in [0.15, 0.2) is 95.8 Å². The molecule has 1 unspecified atom stereocenters. The number of aliphatic hydroxyl groups is 1. The van der Waals surface area contributed by atoms with Crippen molar-refractivity contribution in [1.29, 1.82) is 0 Å². The molecule has 5 aromatic rings. The van der Waals surface area contributed by atoms with E-state index in [4.69, 9.17) is 4.74 Å². The van der Waals surface area contributed by atoms with Crippen molar-refractivity contribution in [3.05, 3.63) is 135 Å². The zero-order chi connectivity index (χ0) is 33.7. The molecule has 2 heterocycles. The first-order valence-corrected chi connectivity index (χ1v) is 16.4. The van der Waals surface area contributed by atoms with Gasteiger partial charge >= 0.3 is 0 Å². The molecular weight excluding hydrogens is 609 g/mol. The molecule has 6 rings (SSSR count). The number of aromatic amines is 1. The molecule has 1 saturated heterocycles. The molecule has 5 N–H and O–H groups in total. The lowest BCUT2D eigenvalue weighted by Gasteiger charge is -2.42. The maximum atomic E-state index is 14.9. The van der Waals surface area contributed by atoms with Crippen LogP contribution in [0.2, 0.25) is 0 Å². The smallest absolute Gasteiger partial charge is 0.248 e. The molecule has 0 saturated carbocycles. The van der Waals surface area contributed by atoms with Crippen molar-refractivity contribution in [3.63, 3.8) is 0 Å². The number of phenols is 2. The Balaban J connectivity index is 1.03. The number of hydrogen-bond acceptors (Lipinski definition) is 7. The fraction of sp³-hybridized carbons (Fsp3) is 0.308. The number of rotatable bonds is 12. The minimum atomic E-state index is -0.913. The number of piperidine rings is 1. The quantitative estimate of drug-likeness (QED) is 0.106. The summed E-state index contributed by atoms with van der Waals surface area (Å²) in [5.41, 5.74) is 4.24. The molecule has 250 valence electrons. The van der Waals surface area contributed by atoms with E-state index in [9.17, 15) is 24.5 Å². The number of pyridine rings is 1. The van der Waals surface area contributed by atoms with Crippen LogP contribution in [0.3, 0.4) is 0 Å². The number of likely N-dealkylation sites (tertiary alicyclic amines) is 1. The van der Waals surface area contributed by atoms with E-state index in [2.05, 4.69) is 52.6 Å². The number of benzene rings is 4. The fourth-order valence-corrected chi connectivity index (χ4v) is 6.84. The topological polar surface area (TPSA) is 118 Å². The molecule has 0 aliphatic carbocycles. The Morgan fingerprint density at radius 1 is 0.938 bits per heavy atom. The third-order valence-electron chi connectivity index (χ3n) is 9.54. The van der Waals surface area contributed by atoms with Crippen LogP contribution in [0.25, 0.3) is 10.9 Å². The number of H-pyrrole nitrogens is 1. The minimum absolute atomic E-state index is 0.0707. The van der Waals surface area contributed by atoms with Crippen molar-refractivity contribution in [2.24, 2.45) is 0 Å². The first-order chi connectivity index (χ1) is 23.2. The van der Waals surface area contributed by atoms with Crippen LogP contribution in [0.5, 0.6) is 17.2 Å². The number of fused-ring (bicyclic) bond motifs is 1. The Labute approximate surface area is 279 Å². The fourth-order valence-electron chi connectivity index (χ4n) is 6.84. The number of ether oxygens (including phenoxy) is 1. The third kappa shape index (κ3) is 7.23. The van der Waals surface area contributed by atoms with Crippen molar-refractivity contribution >= 4 is 10.9 Å². The SMILES string of the molecule is CN1CCC(c2ccccc2)(c2cc(CCCOc3ccc(CNCC(O)c4ccc(O)c5[nH]c(=O)ccc45)cc3F)ccc2O)CC1. The van der Waals surface area contributed by atoms with Gasteiger partial charge in [-0.15, -0.1) is 0 Å². The summed E-state index contributed by atoms with van der Waals surface area (Å²) in [5.74, 6) is -0.0222. The summed E-state index contributed by atoms with van der Waals surface area (Å²) in [5, 5.41) is 35.6. The molecule has 8 nitrogen and oxygen atoms in total. The van der Waals surface area contributed by atoms with Gasteiger partial charge in [-0.05, 0) is 98.4 Å². The predicted octanol–water partition coefficient (Wildman–Crippen LogP) is 5.92. The summed E-state index contributed by atoms with van der Waals surface area (Å²) in [6.45, 7) is 2.76. The van der Waals surface area contributed by atoms with Gasteiger partial charge in [0.1, 0.15) is 11.5 Å². The second kappa shape index (κ2) is 14.6. The predicted molar refractivity (Wildman–Crippen MR) is 185 cm³/mol. The molecule has 1 aliphatic rings. The van der Waals surface area contributed by atoms with Gasteiger partial charge in [0.25, 0.3) is 0 Å². The molecule has 1 aliphatic heterocycles. The van der Waals surface area contributed by atoms with Crippen LogP contribution < -0.4 is 15.6 Å². The molecule has 0 radical (unpaired) electrons. The molecule has 1 atom stereocenters. The van der Waals surface area contributed by atoms with Gasteiger partial charge in [0, 0.05) is 35.5 Å². The van der Waals surface area contributed by atoms with Crippen LogP contribution in [0.1, 0.15) is 53.2 Å². The van der Waals surface area contributed by atoms with E-state index < -0.39 is 11.9 Å². The van der Waals surface area contributed by atoms with E-state index in [0.29, 0.717) is 41.8 Å². The Bertz CT molecular complexity index is 1920. The Morgan fingerprint density at radius 2 is 1.69 bits per heavy atom. The van der Waals surface area contributed by atoms with E-state index in [-0.39, 0.29) is 34.5 Å². The largest absolute Gasteiger partial charge is 0.508 e. The van der Waals surface area contributed by atoms with Crippen molar-refractivity contribution < 1.29 is 24.4 Å². The van der Waals surface area contributed by atoms with Gasteiger partial charge in [-0.3, -0.25) is 4.79 Å². The van der Waals surface area contributed by atoms with E-state index in [1.165, 1.54) is 23.8 Å². The molecule has 0 amide bonds. The molecule has 4 aromatic carbocycles. The third-order valence-corrected chi connectivity index (χ3v) is 9.54. The summed E-state index contributed by atoms with van der Waals surface area (Å²) in [6, 6.07) is 27.2. The minimum Gasteiger partial charge on any atom is -0.508 e. The Hall–Kier alpha value is -4.70. The number of aromatic hydroxyl groups is 2. The van der Waals surface area contributed by atoms with Gasteiger partial charge in [-0.25, -0.2) is 4.39 Å². The summed E-state index contributed by atoms with van der Waals surface area (Å²) < 4.78 is 20.8. The maximum Gasteiger partial charge on any atom is 0.248 e. The molecule has 0 spiro atoms. The van der Waals surface area contributed by atoms with Crippen LogP contribution in [-0.4, -0.2) is 58.5 Å². The van der Waals surface area contributed by atoms with Crippen LogP contribution in [0, 0.1) is 5.82 Å². The first kappa shape index (κ1) is 33.2. The van der Waals surface area contributed by atoms with E-state index in [1.807, 2.05) is 12.1 Å². The van der Waals surface area contributed by atoms with Crippen molar-refractivity contribution in [2.75, 3.05) is 33.3 Å². The second-order valence-corrected chi connectivity index (χ2v) is 12.8. The Kier molecular flexibility index (Phi) is 10.1. The molecule has 1 aromatic heterocycles. The maximum absolute atomic E-state index is 14.9. The number of halogens is 1. The lowest BCUT2D eigenvalue weighted by molar-refractivity contribution is 0.176. The number of aliphatic hydroxyl groups excluding tert-OH is 1. The van der Waals surface area contributed by atoms with Gasteiger partial charge in [0.15, 0.2) is 11.6 Å². The Morgan fingerprint density at radius 3 is 2.46 bits per heavy atom. The number of nitrogens with zero attached hydrogens (tertiary/aromatic N) is 1. The average molecular weight is 652 g/mol. The van der Waals surface area contributed by atoms with E-state index in [0.717, 1.165) is 43.5 Å². The van der Waals surface area contributed by atoms with Crippen molar-refractivity contribution in [2.45, 2.75) is 43.7 Å². The monoisotopic (exact) mass is 651 g/mol. The van der Waals surface area contributed by atoms with Gasteiger partial charge in [-0.1, -0.05) is 54.6 Å². The van der Waals surface area contributed by atoms with Crippen LogP contribution in [-0.2, 0) is 18.4 Å².